The number of nitrogens with one attached hydrogen (secondary N) is 1. The molecule has 0 bridgehead atoms. The maximum absolute atomic E-state index is 13.6. The van der Waals surface area contributed by atoms with Crippen molar-refractivity contribution in [1.82, 2.24) is 10.2 Å². The highest BCUT2D eigenvalue weighted by atomic mass is 19.4. The number of alkyl halides is 3. The first-order valence-electron chi connectivity index (χ1n) is 9.86. The van der Waals surface area contributed by atoms with E-state index in [1.807, 2.05) is 12.0 Å². The van der Waals surface area contributed by atoms with Crippen LogP contribution in [0.15, 0.2) is 29.1 Å². The molecule has 1 aromatic carbocycles. The molecule has 0 aliphatic heterocycles. The lowest BCUT2D eigenvalue weighted by molar-refractivity contribution is -0.138. The molecule has 0 amide bonds. The Labute approximate surface area is 162 Å². The van der Waals surface area contributed by atoms with Crippen molar-refractivity contribution in [2.75, 3.05) is 0 Å². The third-order valence-electron chi connectivity index (χ3n) is 5.11. The van der Waals surface area contributed by atoms with E-state index in [-0.39, 0.29) is 17.4 Å². The Bertz CT molecular complexity index is 838. The molecule has 1 aromatic heterocycles. The molecule has 0 unspecified atom stereocenters. The van der Waals surface area contributed by atoms with Crippen molar-refractivity contribution in [3.8, 4) is 16.9 Å². The summed E-state index contributed by atoms with van der Waals surface area (Å²) in [5.41, 5.74) is -1.95. The number of nitrogens with zero attached hydrogens (tertiary/aromatic N) is 1. The number of hydrogen-bond donors (Lipinski definition) is 1. The predicted octanol–water partition coefficient (Wildman–Crippen LogP) is 5.51. The summed E-state index contributed by atoms with van der Waals surface area (Å²) >= 11 is 0. The van der Waals surface area contributed by atoms with Crippen molar-refractivity contribution in [3.05, 3.63) is 45.9 Å². The van der Waals surface area contributed by atoms with Crippen LogP contribution in [0.2, 0.25) is 0 Å². The molecule has 1 aliphatic rings. The van der Waals surface area contributed by atoms with Crippen LogP contribution in [-0.4, -0.2) is 16.3 Å². The van der Waals surface area contributed by atoms with Gasteiger partial charge in [0.25, 0.3) is 5.56 Å². The molecule has 3 rings (SSSR count). The number of aromatic amines is 1. The Hall–Kier alpha value is -2.31. The first-order valence-corrected chi connectivity index (χ1v) is 9.86. The predicted molar refractivity (Wildman–Crippen MR) is 101 cm³/mol. The summed E-state index contributed by atoms with van der Waals surface area (Å²) in [5, 5.41) is 5.92. The van der Waals surface area contributed by atoms with Crippen molar-refractivity contribution in [1.29, 1.82) is 0 Å². The molecule has 1 saturated carbocycles. The molecule has 2 aromatic rings. The summed E-state index contributed by atoms with van der Waals surface area (Å²) < 4.78 is 46.8. The zero-order valence-corrected chi connectivity index (χ0v) is 15.9. The SMILES string of the molecule is CCCCc1n[nH]c(=O)c(C(F)(F)F)c1-c1ccc(OC2CCCCC2)cc1. The summed E-state index contributed by atoms with van der Waals surface area (Å²) in [6.07, 6.45) is 2.76. The van der Waals surface area contributed by atoms with Crippen LogP contribution in [0.5, 0.6) is 5.75 Å². The van der Waals surface area contributed by atoms with Gasteiger partial charge in [0.15, 0.2) is 0 Å². The highest BCUT2D eigenvalue weighted by molar-refractivity contribution is 5.70. The lowest BCUT2D eigenvalue weighted by Crippen LogP contribution is -2.25. The first kappa shape index (κ1) is 20.4. The lowest BCUT2D eigenvalue weighted by atomic mass is 9.96. The average Bonchev–Trinajstić information content (AvgIpc) is 2.67. The molecule has 0 saturated heterocycles. The third kappa shape index (κ3) is 4.75. The number of aryl methyl sites for hydroxylation is 1. The standard InChI is InChI=1S/C21H25F3N2O2/c1-2-3-9-17-18(19(21(22,23)24)20(27)26-25-17)14-10-12-16(13-11-14)28-15-7-5-4-6-8-15/h10-13,15H,2-9H2,1H3,(H,26,27). The molecule has 7 heteroatoms. The van der Waals surface area contributed by atoms with Gasteiger partial charge in [-0.25, -0.2) is 5.10 Å². The fourth-order valence-electron chi connectivity index (χ4n) is 3.67. The van der Waals surface area contributed by atoms with E-state index in [2.05, 4.69) is 5.10 Å². The van der Waals surface area contributed by atoms with Gasteiger partial charge in [0.2, 0.25) is 0 Å². The highest BCUT2D eigenvalue weighted by Gasteiger charge is 2.38. The van der Waals surface area contributed by atoms with E-state index >= 15 is 0 Å². The molecule has 152 valence electrons. The van der Waals surface area contributed by atoms with Crippen molar-refractivity contribution in [2.45, 2.75) is 70.6 Å². The van der Waals surface area contributed by atoms with Gasteiger partial charge in [-0.1, -0.05) is 31.9 Å². The van der Waals surface area contributed by atoms with Crippen LogP contribution in [0, 0.1) is 0 Å². The molecule has 4 nitrogen and oxygen atoms in total. The van der Waals surface area contributed by atoms with E-state index in [1.54, 1.807) is 24.3 Å². The topological polar surface area (TPSA) is 55.0 Å². The van der Waals surface area contributed by atoms with E-state index in [0.717, 1.165) is 32.1 Å². The molecule has 28 heavy (non-hydrogen) atoms. The van der Waals surface area contributed by atoms with Crippen molar-refractivity contribution in [3.63, 3.8) is 0 Å². The van der Waals surface area contributed by atoms with Gasteiger partial charge < -0.3 is 4.74 Å². The van der Waals surface area contributed by atoms with Crippen LogP contribution in [0.1, 0.15) is 63.1 Å². The summed E-state index contributed by atoms with van der Waals surface area (Å²) in [7, 11) is 0. The van der Waals surface area contributed by atoms with Crippen molar-refractivity contribution >= 4 is 0 Å². The monoisotopic (exact) mass is 394 g/mol. The van der Waals surface area contributed by atoms with Gasteiger partial charge in [-0.05, 0) is 56.2 Å². The maximum Gasteiger partial charge on any atom is 0.422 e. The Balaban J connectivity index is 1.96. The van der Waals surface area contributed by atoms with E-state index in [1.165, 1.54) is 6.42 Å². The molecule has 0 atom stereocenters. The molecular weight excluding hydrogens is 369 g/mol. The second-order valence-electron chi connectivity index (χ2n) is 7.25. The van der Waals surface area contributed by atoms with E-state index in [0.29, 0.717) is 24.2 Å². The number of aromatic nitrogens is 2. The normalized spacial score (nSPS) is 15.6. The van der Waals surface area contributed by atoms with Crippen LogP contribution in [0.25, 0.3) is 11.1 Å². The van der Waals surface area contributed by atoms with Gasteiger partial charge in [0.05, 0.1) is 11.8 Å². The maximum atomic E-state index is 13.6. The second-order valence-corrected chi connectivity index (χ2v) is 7.25. The molecule has 1 aliphatic carbocycles. The van der Waals surface area contributed by atoms with Gasteiger partial charge in [-0.15, -0.1) is 0 Å². The van der Waals surface area contributed by atoms with Crippen LogP contribution in [0.3, 0.4) is 0 Å². The van der Waals surface area contributed by atoms with Crippen LogP contribution in [0.4, 0.5) is 13.2 Å². The minimum Gasteiger partial charge on any atom is -0.490 e. The number of ether oxygens (including phenoxy) is 1. The smallest absolute Gasteiger partial charge is 0.422 e. The summed E-state index contributed by atoms with van der Waals surface area (Å²) in [5.74, 6) is 0.636. The molecule has 1 heterocycles. The van der Waals surface area contributed by atoms with E-state index < -0.39 is 17.3 Å². The molecule has 0 radical (unpaired) electrons. The second kappa shape index (κ2) is 8.80. The van der Waals surface area contributed by atoms with Crippen LogP contribution < -0.4 is 10.3 Å². The number of hydrogen-bond acceptors (Lipinski definition) is 3. The van der Waals surface area contributed by atoms with Gasteiger partial charge in [0.1, 0.15) is 11.3 Å². The lowest BCUT2D eigenvalue weighted by Gasteiger charge is -2.23. The quantitative estimate of drug-likeness (QED) is 0.703. The Morgan fingerprint density at radius 2 is 1.82 bits per heavy atom. The minimum absolute atomic E-state index is 0.131. The first-order chi connectivity index (χ1) is 13.4. The van der Waals surface area contributed by atoms with Gasteiger partial charge in [-0.2, -0.15) is 18.3 Å². The molecule has 1 fully saturated rings. The Morgan fingerprint density at radius 1 is 1.14 bits per heavy atom. The summed E-state index contributed by atoms with van der Waals surface area (Å²) in [4.78, 5) is 12.0. The largest absolute Gasteiger partial charge is 0.490 e. The van der Waals surface area contributed by atoms with E-state index in [4.69, 9.17) is 4.74 Å². The number of unbranched alkanes of at least 4 members (excludes halogenated alkanes) is 1. The number of H-pyrrole nitrogens is 1. The zero-order chi connectivity index (χ0) is 20.1. The molecular formula is C21H25F3N2O2. The van der Waals surface area contributed by atoms with Crippen molar-refractivity contribution in [2.24, 2.45) is 0 Å². The van der Waals surface area contributed by atoms with Crippen LogP contribution in [-0.2, 0) is 12.6 Å². The minimum atomic E-state index is -4.76. The average molecular weight is 394 g/mol. The van der Waals surface area contributed by atoms with Gasteiger partial charge in [0, 0.05) is 5.56 Å². The van der Waals surface area contributed by atoms with E-state index in [9.17, 15) is 18.0 Å². The van der Waals surface area contributed by atoms with Crippen LogP contribution >= 0.6 is 0 Å². The van der Waals surface area contributed by atoms with Gasteiger partial charge in [-0.3, -0.25) is 4.79 Å². The molecule has 1 N–H and O–H groups in total. The Kier molecular flexibility index (Phi) is 6.42. The zero-order valence-electron chi connectivity index (χ0n) is 15.9. The number of halogens is 3. The fraction of sp³-hybridized carbons (Fsp3) is 0.524. The third-order valence-corrected chi connectivity index (χ3v) is 5.11. The number of rotatable bonds is 6. The highest BCUT2D eigenvalue weighted by Crippen LogP contribution is 2.37. The molecule has 0 spiro atoms. The van der Waals surface area contributed by atoms with Gasteiger partial charge >= 0.3 is 6.18 Å². The number of benzene rings is 1. The van der Waals surface area contributed by atoms with Crippen molar-refractivity contribution < 1.29 is 17.9 Å². The fourth-order valence-corrected chi connectivity index (χ4v) is 3.67. The Morgan fingerprint density at radius 3 is 2.43 bits per heavy atom. The summed E-state index contributed by atoms with van der Waals surface area (Å²) in [6.45, 7) is 1.95. The summed E-state index contributed by atoms with van der Waals surface area (Å²) in [6, 6.07) is 6.52.